The molecular weight excluding hydrogens is 314 g/mol. The van der Waals surface area contributed by atoms with Crippen molar-refractivity contribution in [1.29, 1.82) is 0 Å². The first-order chi connectivity index (χ1) is 12.1. The third-order valence-corrected chi connectivity index (χ3v) is 5.96. The third-order valence-electron chi connectivity index (χ3n) is 5.96. The van der Waals surface area contributed by atoms with Crippen LogP contribution >= 0.6 is 0 Å². The average Bonchev–Trinajstić information content (AvgIpc) is 3.11. The Bertz CT molecular complexity index is 741. The van der Waals surface area contributed by atoms with E-state index >= 15 is 0 Å². The topological polar surface area (TPSA) is 58.4 Å². The molecule has 2 aromatic rings. The fourth-order valence-corrected chi connectivity index (χ4v) is 4.45. The molecule has 0 saturated carbocycles. The number of aryl methyl sites for hydroxylation is 2. The number of nitrogens with one attached hydrogen (secondary N) is 1. The Hall–Kier alpha value is -2.14. The van der Waals surface area contributed by atoms with Gasteiger partial charge in [-0.1, -0.05) is 35.5 Å². The summed E-state index contributed by atoms with van der Waals surface area (Å²) in [6, 6.07) is 10.5. The number of benzene rings is 1. The summed E-state index contributed by atoms with van der Waals surface area (Å²) in [6.45, 7) is 6.81. The smallest absolute Gasteiger partial charge is 0.221 e. The van der Waals surface area contributed by atoms with Gasteiger partial charge in [-0.3, -0.25) is 9.69 Å². The molecule has 2 saturated heterocycles. The first-order valence-corrected chi connectivity index (χ1v) is 9.07. The summed E-state index contributed by atoms with van der Waals surface area (Å²) in [5.41, 5.74) is 3.37. The first kappa shape index (κ1) is 16.3. The molecule has 0 radical (unpaired) electrons. The van der Waals surface area contributed by atoms with Crippen molar-refractivity contribution in [1.82, 2.24) is 15.4 Å². The van der Waals surface area contributed by atoms with E-state index in [4.69, 9.17) is 4.52 Å². The summed E-state index contributed by atoms with van der Waals surface area (Å²) in [7, 11) is 0. The zero-order valence-electron chi connectivity index (χ0n) is 14.9. The van der Waals surface area contributed by atoms with Crippen LogP contribution in [0.25, 0.3) is 0 Å². The number of likely N-dealkylation sites (tertiary alicyclic amines) is 1. The molecular formula is C20H25N3O2. The largest absolute Gasteiger partial charge is 0.361 e. The fourth-order valence-electron chi connectivity index (χ4n) is 4.45. The molecule has 2 fully saturated rings. The van der Waals surface area contributed by atoms with E-state index in [1.54, 1.807) is 0 Å². The van der Waals surface area contributed by atoms with Crippen LogP contribution in [0.15, 0.2) is 34.9 Å². The van der Waals surface area contributed by atoms with E-state index in [1.165, 1.54) is 11.1 Å². The maximum Gasteiger partial charge on any atom is 0.221 e. The normalized spacial score (nSPS) is 23.1. The van der Waals surface area contributed by atoms with Crippen molar-refractivity contribution in [2.45, 2.75) is 51.1 Å². The Labute approximate surface area is 148 Å². The van der Waals surface area contributed by atoms with Gasteiger partial charge in [-0.05, 0) is 32.3 Å². The lowest BCUT2D eigenvalue weighted by atomic mass is 9.74. The van der Waals surface area contributed by atoms with Crippen molar-refractivity contribution < 1.29 is 9.32 Å². The van der Waals surface area contributed by atoms with Crippen LogP contribution in [-0.4, -0.2) is 34.6 Å². The lowest BCUT2D eigenvalue weighted by Gasteiger charge is -2.43. The molecule has 0 aliphatic carbocycles. The quantitative estimate of drug-likeness (QED) is 0.934. The van der Waals surface area contributed by atoms with Gasteiger partial charge in [0.05, 0.1) is 5.69 Å². The van der Waals surface area contributed by atoms with Gasteiger partial charge < -0.3 is 9.84 Å². The number of carbonyl (C=O) groups is 1. The van der Waals surface area contributed by atoms with Crippen molar-refractivity contribution in [3.63, 3.8) is 0 Å². The van der Waals surface area contributed by atoms with E-state index in [0.29, 0.717) is 6.42 Å². The molecule has 5 nitrogen and oxygen atoms in total. The van der Waals surface area contributed by atoms with Gasteiger partial charge >= 0.3 is 0 Å². The van der Waals surface area contributed by atoms with Crippen LogP contribution in [-0.2, 0) is 11.3 Å². The maximum atomic E-state index is 12.2. The summed E-state index contributed by atoms with van der Waals surface area (Å²) in [5.74, 6) is 1.38. The second kappa shape index (κ2) is 6.30. The molecule has 0 bridgehead atoms. The minimum absolute atomic E-state index is 0.0896. The molecule has 25 heavy (non-hydrogen) atoms. The number of amides is 1. The van der Waals surface area contributed by atoms with Gasteiger partial charge in [0.15, 0.2) is 0 Å². The number of nitrogens with zero attached hydrogens (tertiary/aromatic N) is 2. The molecule has 1 atom stereocenters. The van der Waals surface area contributed by atoms with Crippen molar-refractivity contribution in [3.05, 3.63) is 52.9 Å². The van der Waals surface area contributed by atoms with Crippen LogP contribution in [0.2, 0.25) is 0 Å². The van der Waals surface area contributed by atoms with Crippen LogP contribution in [0.1, 0.15) is 47.8 Å². The number of rotatable bonds is 3. The summed E-state index contributed by atoms with van der Waals surface area (Å²) in [6.07, 6.45) is 2.58. The Morgan fingerprint density at radius 1 is 1.24 bits per heavy atom. The minimum atomic E-state index is -0.0896. The van der Waals surface area contributed by atoms with Gasteiger partial charge in [-0.25, -0.2) is 0 Å². The SMILES string of the molecule is Cc1noc(C)c1CN1CCC2(CC1)NC(=O)C[C@H]2c1ccccc1. The number of aromatic nitrogens is 1. The zero-order chi connectivity index (χ0) is 17.4. The lowest BCUT2D eigenvalue weighted by molar-refractivity contribution is -0.120. The minimum Gasteiger partial charge on any atom is -0.361 e. The molecule has 1 aromatic heterocycles. The van der Waals surface area contributed by atoms with Crippen molar-refractivity contribution >= 4 is 5.91 Å². The molecule has 1 amide bonds. The van der Waals surface area contributed by atoms with Crippen LogP contribution in [0.3, 0.4) is 0 Å². The number of piperidine rings is 1. The van der Waals surface area contributed by atoms with Gasteiger partial charge in [0.1, 0.15) is 5.76 Å². The van der Waals surface area contributed by atoms with Crippen LogP contribution in [0.5, 0.6) is 0 Å². The van der Waals surface area contributed by atoms with Gasteiger partial charge in [0.2, 0.25) is 5.91 Å². The van der Waals surface area contributed by atoms with Crippen LogP contribution in [0, 0.1) is 13.8 Å². The van der Waals surface area contributed by atoms with E-state index in [2.05, 4.69) is 39.6 Å². The second-order valence-electron chi connectivity index (χ2n) is 7.45. The molecule has 1 N–H and O–H groups in total. The maximum absolute atomic E-state index is 12.2. The highest BCUT2D eigenvalue weighted by Crippen LogP contribution is 2.43. The Kier molecular flexibility index (Phi) is 4.12. The van der Waals surface area contributed by atoms with E-state index in [-0.39, 0.29) is 17.4 Å². The molecule has 3 heterocycles. The molecule has 5 heteroatoms. The molecule has 0 unspecified atom stereocenters. The highest BCUT2D eigenvalue weighted by Gasteiger charge is 2.48. The summed E-state index contributed by atoms with van der Waals surface area (Å²) < 4.78 is 5.29. The Morgan fingerprint density at radius 2 is 1.96 bits per heavy atom. The predicted molar refractivity (Wildman–Crippen MR) is 95.2 cm³/mol. The first-order valence-electron chi connectivity index (χ1n) is 9.07. The molecule has 4 rings (SSSR count). The van der Waals surface area contributed by atoms with Gasteiger partial charge in [-0.2, -0.15) is 0 Å². The number of hydrogen-bond acceptors (Lipinski definition) is 4. The van der Waals surface area contributed by atoms with E-state index < -0.39 is 0 Å². The Morgan fingerprint density at radius 3 is 2.60 bits per heavy atom. The van der Waals surface area contributed by atoms with Crippen molar-refractivity contribution in [2.24, 2.45) is 0 Å². The average molecular weight is 339 g/mol. The van der Waals surface area contributed by atoms with E-state index in [9.17, 15) is 4.79 Å². The second-order valence-corrected chi connectivity index (χ2v) is 7.45. The highest BCUT2D eigenvalue weighted by atomic mass is 16.5. The summed E-state index contributed by atoms with van der Waals surface area (Å²) in [5, 5.41) is 7.38. The van der Waals surface area contributed by atoms with Crippen LogP contribution in [0.4, 0.5) is 0 Å². The van der Waals surface area contributed by atoms with Crippen molar-refractivity contribution in [3.8, 4) is 0 Å². The molecule has 1 aromatic carbocycles. The number of hydrogen-bond donors (Lipinski definition) is 1. The molecule has 2 aliphatic rings. The lowest BCUT2D eigenvalue weighted by Crippen LogP contribution is -2.53. The van der Waals surface area contributed by atoms with Gasteiger partial charge in [0.25, 0.3) is 0 Å². The predicted octanol–water partition coefficient (Wildman–Crippen LogP) is 2.93. The summed E-state index contributed by atoms with van der Waals surface area (Å²) in [4.78, 5) is 14.6. The molecule has 132 valence electrons. The van der Waals surface area contributed by atoms with Crippen LogP contribution < -0.4 is 5.32 Å². The zero-order valence-corrected chi connectivity index (χ0v) is 14.9. The van der Waals surface area contributed by atoms with E-state index in [0.717, 1.165) is 43.9 Å². The molecule has 2 aliphatic heterocycles. The van der Waals surface area contributed by atoms with Gasteiger partial charge in [-0.15, -0.1) is 0 Å². The summed E-state index contributed by atoms with van der Waals surface area (Å²) >= 11 is 0. The standard InChI is InChI=1S/C20H25N3O2/c1-14-17(15(2)25-22-14)13-23-10-8-20(9-11-23)18(12-19(24)21-20)16-6-4-3-5-7-16/h3-7,18H,8-13H2,1-2H3,(H,21,24)/t18-/m0/s1. The number of carbonyl (C=O) groups excluding carboxylic acids is 1. The molecule has 1 spiro atoms. The fraction of sp³-hybridized carbons (Fsp3) is 0.500. The van der Waals surface area contributed by atoms with Crippen molar-refractivity contribution in [2.75, 3.05) is 13.1 Å². The third kappa shape index (κ3) is 2.97. The van der Waals surface area contributed by atoms with Gasteiger partial charge in [0, 0.05) is 43.1 Å². The highest BCUT2D eigenvalue weighted by molar-refractivity contribution is 5.81. The monoisotopic (exact) mass is 339 g/mol. The Balaban J connectivity index is 1.49. The van der Waals surface area contributed by atoms with E-state index in [1.807, 2.05) is 19.9 Å².